The number of amides is 3. The number of ether oxygens (including phenoxy) is 3. The van der Waals surface area contributed by atoms with E-state index in [0.717, 1.165) is 16.0 Å². The lowest BCUT2D eigenvalue weighted by Crippen LogP contribution is -2.67. The maximum absolute atomic E-state index is 13.7. The second kappa shape index (κ2) is 8.71. The van der Waals surface area contributed by atoms with E-state index in [1.165, 1.54) is 21.3 Å². The van der Waals surface area contributed by atoms with Crippen LogP contribution in [-0.4, -0.2) is 50.0 Å². The molecule has 8 nitrogen and oxygen atoms in total. The van der Waals surface area contributed by atoms with Crippen molar-refractivity contribution in [3.8, 4) is 17.2 Å². The number of nitrogens with zero attached hydrogens (tertiary/aromatic N) is 2. The number of carbonyl (C=O) groups is 3. The van der Waals surface area contributed by atoms with Crippen LogP contribution in [0.2, 0.25) is 0 Å². The summed E-state index contributed by atoms with van der Waals surface area (Å²) in [5.41, 5.74) is 4.02. The highest BCUT2D eigenvalue weighted by Crippen LogP contribution is 2.48. The molecule has 0 aliphatic carbocycles. The molecule has 1 fully saturated rings. The second-order valence-corrected chi connectivity index (χ2v) is 8.85. The molecule has 3 aromatic rings. The highest BCUT2D eigenvalue weighted by molar-refractivity contribution is 6.24. The van der Waals surface area contributed by atoms with Crippen LogP contribution in [0.3, 0.4) is 0 Å². The topological polar surface area (TPSA) is 85.4 Å². The van der Waals surface area contributed by atoms with E-state index in [-0.39, 0.29) is 5.91 Å². The molecule has 1 saturated heterocycles. The van der Waals surface area contributed by atoms with E-state index in [1.54, 1.807) is 41.3 Å². The van der Waals surface area contributed by atoms with Crippen molar-refractivity contribution in [2.24, 2.45) is 0 Å². The molecule has 184 valence electrons. The van der Waals surface area contributed by atoms with Crippen LogP contribution in [0, 0.1) is 13.8 Å². The Bertz CT molecular complexity index is 1350. The Morgan fingerprint density at radius 1 is 0.667 bits per heavy atom. The van der Waals surface area contributed by atoms with Gasteiger partial charge in [0.05, 0.1) is 38.5 Å². The minimum absolute atomic E-state index is 0.295. The van der Waals surface area contributed by atoms with Crippen LogP contribution in [0.5, 0.6) is 17.2 Å². The number of aryl methyl sites for hydroxylation is 2. The van der Waals surface area contributed by atoms with Crippen molar-refractivity contribution in [1.29, 1.82) is 0 Å². The summed E-state index contributed by atoms with van der Waals surface area (Å²) in [6.45, 7) is 3.97. The van der Waals surface area contributed by atoms with Crippen molar-refractivity contribution < 1.29 is 28.6 Å². The predicted molar refractivity (Wildman–Crippen MR) is 133 cm³/mol. The minimum Gasteiger partial charge on any atom is -0.493 e. The van der Waals surface area contributed by atoms with E-state index in [4.69, 9.17) is 14.2 Å². The normalized spacial score (nSPS) is 18.8. The Balaban J connectivity index is 1.66. The van der Waals surface area contributed by atoms with Gasteiger partial charge in [-0.05, 0) is 66.9 Å². The van der Waals surface area contributed by atoms with E-state index < -0.39 is 23.9 Å². The lowest BCUT2D eigenvalue weighted by molar-refractivity contribution is -0.130. The first-order valence-corrected chi connectivity index (χ1v) is 11.5. The van der Waals surface area contributed by atoms with Crippen molar-refractivity contribution >= 4 is 23.4 Å². The van der Waals surface area contributed by atoms with E-state index >= 15 is 0 Å². The van der Waals surface area contributed by atoms with Crippen molar-refractivity contribution in [2.45, 2.75) is 25.9 Å². The first-order valence-electron chi connectivity index (χ1n) is 11.5. The number of methoxy groups -OCH3 is 3. The molecule has 2 aliphatic rings. The molecule has 0 aromatic heterocycles. The molecule has 0 saturated carbocycles. The van der Waals surface area contributed by atoms with Gasteiger partial charge in [-0.15, -0.1) is 0 Å². The van der Waals surface area contributed by atoms with Crippen molar-refractivity contribution in [3.63, 3.8) is 0 Å². The van der Waals surface area contributed by atoms with E-state index in [2.05, 4.69) is 0 Å². The van der Waals surface area contributed by atoms with Gasteiger partial charge in [-0.3, -0.25) is 19.3 Å². The molecule has 3 aromatic carbocycles. The summed E-state index contributed by atoms with van der Waals surface area (Å²) in [6.07, 6.45) is 0. The molecule has 5 rings (SSSR count). The molecular formula is C28H26N2O6. The zero-order valence-corrected chi connectivity index (χ0v) is 20.7. The van der Waals surface area contributed by atoms with Crippen LogP contribution < -0.4 is 19.1 Å². The number of hydrogen-bond donors (Lipinski definition) is 0. The van der Waals surface area contributed by atoms with Gasteiger partial charge in [-0.1, -0.05) is 18.2 Å². The average Bonchev–Trinajstić information content (AvgIpc) is 3.13. The molecule has 2 aliphatic heterocycles. The first kappa shape index (κ1) is 23.4. The fraction of sp³-hybridized carbons (Fsp3) is 0.250. The Kier molecular flexibility index (Phi) is 5.67. The Morgan fingerprint density at radius 3 is 1.75 bits per heavy atom. The van der Waals surface area contributed by atoms with Gasteiger partial charge in [0.25, 0.3) is 17.7 Å². The van der Waals surface area contributed by atoms with Gasteiger partial charge in [-0.25, -0.2) is 0 Å². The van der Waals surface area contributed by atoms with E-state index in [9.17, 15) is 14.4 Å². The number of anilines is 1. The lowest BCUT2D eigenvalue weighted by atomic mass is 9.85. The molecule has 0 N–H and O–H groups in total. The SMILES string of the molecule is COc1cc([C@@H]2[C@@H](N3C(=O)c4ccccc4C3=O)C(=O)N2c2ccc(C)c(C)c2)cc(OC)c1OC. The third-order valence-electron chi connectivity index (χ3n) is 6.97. The number of β-lactam (4-membered cyclic amide) rings is 1. The van der Waals surface area contributed by atoms with Gasteiger partial charge < -0.3 is 19.1 Å². The third-order valence-corrected chi connectivity index (χ3v) is 6.97. The van der Waals surface area contributed by atoms with Crippen molar-refractivity contribution in [1.82, 2.24) is 4.90 Å². The van der Waals surface area contributed by atoms with Gasteiger partial charge in [0.15, 0.2) is 11.5 Å². The molecule has 2 heterocycles. The summed E-state index contributed by atoms with van der Waals surface area (Å²) < 4.78 is 16.5. The number of benzene rings is 3. The van der Waals surface area contributed by atoms with Crippen LogP contribution in [0.1, 0.15) is 43.4 Å². The summed E-state index contributed by atoms with van der Waals surface area (Å²) in [5.74, 6) is -0.0760. The largest absolute Gasteiger partial charge is 0.493 e. The first-order chi connectivity index (χ1) is 17.3. The van der Waals surface area contributed by atoms with Crippen molar-refractivity contribution in [3.05, 3.63) is 82.4 Å². The van der Waals surface area contributed by atoms with Gasteiger partial charge in [0, 0.05) is 5.69 Å². The standard InChI is InChI=1S/C28H26N2O6/c1-15-10-11-18(12-16(15)2)29-23(17-13-21(34-3)25(36-5)22(14-17)35-4)24(28(29)33)30-26(31)19-8-6-7-9-20(19)27(30)32/h6-14,23-24H,1-5H3/t23-,24-/m1/s1. The molecule has 0 bridgehead atoms. The monoisotopic (exact) mass is 486 g/mol. The maximum atomic E-state index is 13.7. The van der Waals surface area contributed by atoms with Gasteiger partial charge >= 0.3 is 0 Å². The number of imide groups is 1. The van der Waals surface area contributed by atoms with Crippen LogP contribution in [0.25, 0.3) is 0 Å². The summed E-state index contributed by atoms with van der Waals surface area (Å²) in [4.78, 5) is 43.0. The quantitative estimate of drug-likeness (QED) is 0.386. The Morgan fingerprint density at radius 2 is 1.25 bits per heavy atom. The summed E-state index contributed by atoms with van der Waals surface area (Å²) in [7, 11) is 4.53. The molecule has 36 heavy (non-hydrogen) atoms. The number of hydrogen-bond acceptors (Lipinski definition) is 6. The molecule has 0 radical (unpaired) electrons. The van der Waals surface area contributed by atoms with Crippen LogP contribution in [-0.2, 0) is 4.79 Å². The number of fused-ring (bicyclic) bond motifs is 1. The van der Waals surface area contributed by atoms with Crippen LogP contribution in [0.15, 0.2) is 54.6 Å². The molecule has 3 amide bonds. The number of rotatable bonds is 6. The Labute approximate surface area is 209 Å². The average molecular weight is 487 g/mol. The van der Waals surface area contributed by atoms with Crippen LogP contribution in [0.4, 0.5) is 5.69 Å². The highest BCUT2D eigenvalue weighted by atomic mass is 16.5. The van der Waals surface area contributed by atoms with Crippen molar-refractivity contribution in [2.75, 3.05) is 26.2 Å². The van der Waals surface area contributed by atoms with Gasteiger partial charge in [0.2, 0.25) is 5.75 Å². The lowest BCUT2D eigenvalue weighted by Gasteiger charge is -2.50. The number of carbonyl (C=O) groups excluding carboxylic acids is 3. The second-order valence-electron chi connectivity index (χ2n) is 8.85. The third kappa shape index (κ3) is 3.32. The van der Waals surface area contributed by atoms with E-state index in [1.807, 2.05) is 32.0 Å². The summed E-state index contributed by atoms with van der Waals surface area (Å²) in [6, 6.07) is 14.2. The molecular weight excluding hydrogens is 460 g/mol. The molecule has 8 heteroatoms. The fourth-order valence-electron chi connectivity index (χ4n) is 4.95. The summed E-state index contributed by atoms with van der Waals surface area (Å²) >= 11 is 0. The Hall–Kier alpha value is -4.33. The highest BCUT2D eigenvalue weighted by Gasteiger charge is 2.57. The zero-order valence-electron chi connectivity index (χ0n) is 20.7. The maximum Gasteiger partial charge on any atom is 0.262 e. The zero-order chi connectivity index (χ0) is 25.7. The van der Waals surface area contributed by atoms with E-state index in [0.29, 0.717) is 39.6 Å². The predicted octanol–water partition coefficient (Wildman–Crippen LogP) is 4.08. The smallest absolute Gasteiger partial charge is 0.262 e. The molecule has 2 atom stereocenters. The minimum atomic E-state index is -1.03. The van der Waals surface area contributed by atoms with Crippen LogP contribution >= 0.6 is 0 Å². The van der Waals surface area contributed by atoms with Gasteiger partial charge in [-0.2, -0.15) is 0 Å². The molecule has 0 unspecified atom stereocenters. The fourth-order valence-corrected chi connectivity index (χ4v) is 4.95. The molecule has 0 spiro atoms. The van der Waals surface area contributed by atoms with Gasteiger partial charge in [0.1, 0.15) is 6.04 Å². The summed E-state index contributed by atoms with van der Waals surface area (Å²) in [5, 5.41) is 0.